The van der Waals surface area contributed by atoms with Crippen molar-refractivity contribution in [3.05, 3.63) is 24.3 Å². The molecule has 1 aliphatic rings. The molecule has 1 unspecified atom stereocenters. The number of rotatable bonds is 5. The summed E-state index contributed by atoms with van der Waals surface area (Å²) in [6.07, 6.45) is -0.218. The van der Waals surface area contributed by atoms with Crippen molar-refractivity contribution in [2.24, 2.45) is 0 Å². The topological polar surface area (TPSA) is 107 Å². The number of amides is 3. The summed E-state index contributed by atoms with van der Waals surface area (Å²) >= 11 is 0. The smallest absolute Gasteiger partial charge is 0.326 e. The standard InChI is InChI=1S/C16H19N3O5/c1-10(16(23)24)18(2)14(21)7-8-15(22)19-9-13(20)17-11-5-3-4-6-12(11)19/h3-6,10H,7-9H2,1-2H3,(H,17,20)(H,23,24). The second-order valence-electron chi connectivity index (χ2n) is 5.56. The Morgan fingerprint density at radius 2 is 1.96 bits per heavy atom. The van der Waals surface area contributed by atoms with Gasteiger partial charge in [0.2, 0.25) is 17.7 Å². The summed E-state index contributed by atoms with van der Waals surface area (Å²) in [5.74, 6) is -2.21. The number of benzene rings is 1. The maximum absolute atomic E-state index is 12.4. The van der Waals surface area contributed by atoms with E-state index in [9.17, 15) is 19.2 Å². The lowest BCUT2D eigenvalue weighted by Crippen LogP contribution is -2.43. The Labute approximate surface area is 139 Å². The number of hydrogen-bond acceptors (Lipinski definition) is 4. The van der Waals surface area contributed by atoms with Crippen LogP contribution in [0.2, 0.25) is 0 Å². The van der Waals surface area contributed by atoms with E-state index in [1.165, 1.54) is 18.9 Å². The quantitative estimate of drug-likeness (QED) is 0.824. The van der Waals surface area contributed by atoms with Crippen LogP contribution in [0.4, 0.5) is 11.4 Å². The number of aliphatic carboxylic acids is 1. The zero-order valence-corrected chi connectivity index (χ0v) is 13.5. The van der Waals surface area contributed by atoms with Gasteiger partial charge in [0.1, 0.15) is 12.6 Å². The number of para-hydroxylation sites is 2. The number of carbonyl (C=O) groups excluding carboxylic acids is 3. The van der Waals surface area contributed by atoms with Crippen molar-refractivity contribution in [2.45, 2.75) is 25.8 Å². The Kier molecular flexibility index (Phi) is 5.18. The molecule has 1 heterocycles. The molecule has 0 fully saturated rings. The number of hydrogen-bond donors (Lipinski definition) is 2. The molecule has 0 aromatic heterocycles. The Bertz CT molecular complexity index is 688. The van der Waals surface area contributed by atoms with Crippen LogP contribution in [0, 0.1) is 0 Å². The summed E-state index contributed by atoms with van der Waals surface area (Å²) in [5, 5.41) is 11.6. The molecular formula is C16H19N3O5. The average Bonchev–Trinajstić information content (AvgIpc) is 2.56. The fourth-order valence-corrected chi connectivity index (χ4v) is 2.36. The Balaban J connectivity index is 2.02. The van der Waals surface area contributed by atoms with Crippen molar-refractivity contribution < 1.29 is 24.3 Å². The van der Waals surface area contributed by atoms with Crippen LogP contribution in [0.25, 0.3) is 0 Å². The Hall–Kier alpha value is -2.90. The number of carbonyl (C=O) groups is 4. The second-order valence-corrected chi connectivity index (χ2v) is 5.56. The molecule has 0 aliphatic carbocycles. The third-order valence-corrected chi connectivity index (χ3v) is 3.96. The van der Waals surface area contributed by atoms with Crippen molar-refractivity contribution in [3.8, 4) is 0 Å². The maximum Gasteiger partial charge on any atom is 0.326 e. The summed E-state index contributed by atoms with van der Waals surface area (Å²) in [5.41, 5.74) is 1.13. The fraction of sp³-hybridized carbons (Fsp3) is 0.375. The number of fused-ring (bicyclic) bond motifs is 1. The van der Waals surface area contributed by atoms with E-state index in [4.69, 9.17) is 5.11 Å². The minimum atomic E-state index is -1.11. The molecule has 24 heavy (non-hydrogen) atoms. The van der Waals surface area contributed by atoms with E-state index < -0.39 is 17.9 Å². The monoisotopic (exact) mass is 333 g/mol. The summed E-state index contributed by atoms with van der Waals surface area (Å²) in [7, 11) is 1.38. The average molecular weight is 333 g/mol. The van der Waals surface area contributed by atoms with Gasteiger partial charge in [-0.3, -0.25) is 14.4 Å². The van der Waals surface area contributed by atoms with Crippen molar-refractivity contribution in [1.82, 2.24) is 4.90 Å². The predicted molar refractivity (Wildman–Crippen MR) is 86.5 cm³/mol. The molecule has 3 amide bonds. The van der Waals surface area contributed by atoms with E-state index in [0.29, 0.717) is 11.4 Å². The van der Waals surface area contributed by atoms with E-state index in [-0.39, 0.29) is 31.2 Å². The summed E-state index contributed by atoms with van der Waals surface area (Å²) in [6.45, 7) is 1.29. The molecule has 1 aliphatic heterocycles. The highest BCUT2D eigenvalue weighted by molar-refractivity contribution is 6.10. The lowest BCUT2D eigenvalue weighted by atomic mass is 10.1. The lowest BCUT2D eigenvalue weighted by molar-refractivity contribution is -0.148. The molecule has 2 rings (SSSR count). The van der Waals surface area contributed by atoms with Gasteiger partial charge in [-0.2, -0.15) is 0 Å². The highest BCUT2D eigenvalue weighted by Gasteiger charge is 2.28. The van der Waals surface area contributed by atoms with Gasteiger partial charge in [0, 0.05) is 19.9 Å². The van der Waals surface area contributed by atoms with Gasteiger partial charge in [-0.05, 0) is 19.1 Å². The van der Waals surface area contributed by atoms with Gasteiger partial charge in [0.15, 0.2) is 0 Å². The fourth-order valence-electron chi connectivity index (χ4n) is 2.36. The third-order valence-electron chi connectivity index (χ3n) is 3.96. The van der Waals surface area contributed by atoms with E-state index >= 15 is 0 Å². The molecule has 0 spiro atoms. The minimum Gasteiger partial charge on any atom is -0.480 e. The molecule has 0 bridgehead atoms. The van der Waals surface area contributed by atoms with Crippen molar-refractivity contribution >= 4 is 35.1 Å². The molecule has 1 aromatic carbocycles. The Morgan fingerprint density at radius 1 is 1.29 bits per heavy atom. The first-order valence-electron chi connectivity index (χ1n) is 7.49. The first-order chi connectivity index (χ1) is 11.3. The van der Waals surface area contributed by atoms with Gasteiger partial charge in [0.05, 0.1) is 11.4 Å². The zero-order valence-electron chi connectivity index (χ0n) is 13.5. The number of anilines is 2. The van der Waals surface area contributed by atoms with Crippen molar-refractivity contribution in [1.29, 1.82) is 0 Å². The molecule has 0 radical (unpaired) electrons. The van der Waals surface area contributed by atoms with Gasteiger partial charge < -0.3 is 20.2 Å². The summed E-state index contributed by atoms with van der Waals surface area (Å²) in [4.78, 5) is 49.4. The maximum atomic E-state index is 12.4. The highest BCUT2D eigenvalue weighted by atomic mass is 16.4. The van der Waals surface area contributed by atoms with Crippen LogP contribution in [0.3, 0.4) is 0 Å². The number of likely N-dealkylation sites (N-methyl/N-ethyl adjacent to an activating group) is 1. The number of carboxylic acids is 1. The molecule has 1 atom stereocenters. The van der Waals surface area contributed by atoms with Crippen LogP contribution < -0.4 is 10.2 Å². The molecule has 8 nitrogen and oxygen atoms in total. The summed E-state index contributed by atoms with van der Waals surface area (Å²) in [6, 6.07) is 5.95. The highest BCUT2D eigenvalue weighted by Crippen LogP contribution is 2.29. The molecule has 0 saturated heterocycles. The molecule has 128 valence electrons. The lowest BCUT2D eigenvalue weighted by Gasteiger charge is -2.29. The van der Waals surface area contributed by atoms with Gasteiger partial charge in [-0.15, -0.1) is 0 Å². The first kappa shape index (κ1) is 17.5. The van der Waals surface area contributed by atoms with Crippen LogP contribution in [-0.4, -0.2) is 53.3 Å². The van der Waals surface area contributed by atoms with Crippen LogP contribution in [0.15, 0.2) is 24.3 Å². The van der Waals surface area contributed by atoms with Crippen molar-refractivity contribution in [2.75, 3.05) is 23.8 Å². The number of nitrogens with zero attached hydrogens (tertiary/aromatic N) is 2. The van der Waals surface area contributed by atoms with Gasteiger partial charge >= 0.3 is 5.97 Å². The number of carboxylic acid groups (broad SMARTS) is 1. The van der Waals surface area contributed by atoms with Crippen LogP contribution in [-0.2, 0) is 19.2 Å². The molecular weight excluding hydrogens is 314 g/mol. The first-order valence-corrected chi connectivity index (χ1v) is 7.49. The SMILES string of the molecule is CC(C(=O)O)N(C)C(=O)CCC(=O)N1CC(=O)Nc2ccccc21. The van der Waals surface area contributed by atoms with Gasteiger partial charge in [-0.1, -0.05) is 12.1 Å². The van der Waals surface area contributed by atoms with Crippen LogP contribution in [0.5, 0.6) is 0 Å². The van der Waals surface area contributed by atoms with Gasteiger partial charge in [-0.25, -0.2) is 4.79 Å². The van der Waals surface area contributed by atoms with Gasteiger partial charge in [0.25, 0.3) is 0 Å². The van der Waals surface area contributed by atoms with Crippen molar-refractivity contribution in [3.63, 3.8) is 0 Å². The predicted octanol–water partition coefficient (Wildman–Crippen LogP) is 0.683. The minimum absolute atomic E-state index is 0.100. The van der Waals surface area contributed by atoms with Crippen LogP contribution >= 0.6 is 0 Å². The molecule has 2 N–H and O–H groups in total. The second kappa shape index (κ2) is 7.12. The Morgan fingerprint density at radius 3 is 2.62 bits per heavy atom. The normalized spacial score (nSPS) is 14.4. The zero-order chi connectivity index (χ0) is 17.9. The summed E-state index contributed by atoms with van der Waals surface area (Å²) < 4.78 is 0. The van der Waals surface area contributed by atoms with Crippen LogP contribution in [0.1, 0.15) is 19.8 Å². The largest absolute Gasteiger partial charge is 0.480 e. The van der Waals surface area contributed by atoms with E-state index in [2.05, 4.69) is 5.32 Å². The van der Waals surface area contributed by atoms with E-state index in [1.54, 1.807) is 24.3 Å². The number of nitrogens with one attached hydrogen (secondary N) is 1. The third kappa shape index (κ3) is 3.70. The molecule has 1 aromatic rings. The molecule has 0 saturated carbocycles. The van der Waals surface area contributed by atoms with E-state index in [1.807, 2.05) is 0 Å². The van der Waals surface area contributed by atoms with E-state index in [0.717, 1.165) is 4.90 Å². The molecule has 8 heteroatoms.